The smallest absolute Gasteiger partial charge is 0.401 e. The molecule has 0 radical (unpaired) electrons. The minimum Gasteiger partial charge on any atom is -0.489 e. The average Bonchev–Trinajstić information content (AvgIpc) is 1.57. The Hall–Kier alpha value is -12.3. The summed E-state index contributed by atoms with van der Waals surface area (Å²) >= 11 is 0. The van der Waals surface area contributed by atoms with Gasteiger partial charge in [0.2, 0.25) is 12.8 Å². The van der Waals surface area contributed by atoms with E-state index >= 15 is 0 Å². The van der Waals surface area contributed by atoms with Crippen molar-refractivity contribution in [3.05, 3.63) is 214 Å². The summed E-state index contributed by atoms with van der Waals surface area (Å²) in [6.07, 6.45) is 9.03. The summed E-state index contributed by atoms with van der Waals surface area (Å²) in [5.74, 6) is 2.65. The zero-order chi connectivity index (χ0) is 86.5. The van der Waals surface area contributed by atoms with Crippen molar-refractivity contribution >= 4 is 47.0 Å². The van der Waals surface area contributed by atoms with Crippen LogP contribution in [0.4, 0.5) is 47.8 Å². The van der Waals surface area contributed by atoms with Crippen LogP contribution in [0, 0.1) is 34.0 Å². The maximum absolute atomic E-state index is 12.7. The molecule has 18 rings (SSSR count). The summed E-state index contributed by atoms with van der Waals surface area (Å²) in [6, 6.07) is 48.4. The zero-order valence-corrected chi connectivity index (χ0v) is 69.1. The molecule has 125 heavy (non-hydrogen) atoms. The lowest BCUT2D eigenvalue weighted by Gasteiger charge is -2.32. The Morgan fingerprint density at radius 1 is 0.392 bits per heavy atom. The fourth-order valence-corrected chi connectivity index (χ4v) is 18.2. The molecule has 3 aromatic heterocycles. The maximum Gasteiger partial charge on any atom is 0.401 e. The Kier molecular flexibility index (Phi) is 27.4. The zero-order valence-electron chi connectivity index (χ0n) is 69.1. The van der Waals surface area contributed by atoms with Crippen LogP contribution in [0.2, 0.25) is 0 Å². The molecule has 9 aromatic rings. The third kappa shape index (κ3) is 21.2. The molecule has 23 nitrogen and oxygen atoms in total. The number of carbonyl (C=O) groups is 2. The molecule has 0 saturated carbocycles. The highest BCUT2D eigenvalue weighted by Gasteiger charge is 2.35. The number of aliphatic imine (C=N–C) groups is 3. The minimum atomic E-state index is -4.16. The molecular weight excluding hydrogens is 1610 g/mol. The van der Waals surface area contributed by atoms with Gasteiger partial charge in [0.1, 0.15) is 89.8 Å². The van der Waals surface area contributed by atoms with Crippen molar-refractivity contribution in [3.8, 4) is 69.2 Å². The third-order valence-electron chi connectivity index (χ3n) is 25.1. The van der Waals surface area contributed by atoms with E-state index < -0.39 is 25.6 Å². The second-order valence-electron chi connectivity index (χ2n) is 33.2. The van der Waals surface area contributed by atoms with Gasteiger partial charge in [-0.1, -0.05) is 72.8 Å². The summed E-state index contributed by atoms with van der Waals surface area (Å²) in [4.78, 5) is 72.4. The molecule has 9 aliphatic rings. The molecule has 9 aliphatic heterocycles. The van der Waals surface area contributed by atoms with Crippen LogP contribution in [0.1, 0.15) is 162 Å². The standard InChI is InChI=1S/C32H31F3N6O2.C32H32F2N6O2.C31H32F2N6O/c33-32(34,35)18-40-11-7-22(8-12-40)21-1-3-23(4-2-21)27-16-28-31(39-27)30(38-19-37-28)24-5-6-29(25(15-24)17-36)43-26-9-13-41(20-42)14-10-26;33-30(34)18-39-11-7-22(8-12-39)21-1-3-23(4-2-21)27-16-28-32(38-27)31(37-19-36-28)24-5-6-29(25(15-24)17-35)42-26-9-13-40(20-41)14-10-26;32-29(33)18-39-13-9-21(10-14-39)20-1-3-22(4-2-20)26-16-27-31(38-26)30(37-19-36-27)23-5-6-28(24(15-23)17-34)40-25-7-11-35-12-8-25/h1-6,15,19-20,22,26H,7-14,16,18H2;1-6,15,19-20,22,26,30H,7-14,16,18H2;1-6,15,19,21,25,29,35H,7-14,16,18H2. The Morgan fingerprint density at radius 3 is 0.976 bits per heavy atom. The van der Waals surface area contributed by atoms with Gasteiger partial charge in [-0.3, -0.25) is 24.3 Å². The van der Waals surface area contributed by atoms with Crippen LogP contribution in [-0.4, -0.2) is 220 Å². The van der Waals surface area contributed by atoms with Gasteiger partial charge in [0.25, 0.3) is 12.9 Å². The number of alkyl halides is 7. The van der Waals surface area contributed by atoms with E-state index in [-0.39, 0.29) is 37.3 Å². The van der Waals surface area contributed by atoms with Gasteiger partial charge in [0, 0.05) is 87.8 Å². The number of nitrogens with zero attached hydrogens (tertiary/aromatic N) is 17. The third-order valence-corrected chi connectivity index (χ3v) is 25.1. The lowest BCUT2D eigenvalue weighted by Crippen LogP contribution is -2.39. The van der Waals surface area contributed by atoms with E-state index in [0.717, 1.165) is 156 Å². The first kappa shape index (κ1) is 86.3. The molecule has 0 spiro atoms. The van der Waals surface area contributed by atoms with Gasteiger partial charge < -0.3 is 29.3 Å². The Morgan fingerprint density at radius 2 is 0.688 bits per heavy atom. The van der Waals surface area contributed by atoms with Gasteiger partial charge >= 0.3 is 6.18 Å². The first-order valence-corrected chi connectivity index (χ1v) is 43.0. The predicted molar refractivity (Wildman–Crippen MR) is 458 cm³/mol. The van der Waals surface area contributed by atoms with E-state index in [2.05, 4.69) is 114 Å². The summed E-state index contributed by atoms with van der Waals surface area (Å²) in [7, 11) is 0. The topological polar surface area (TPSA) is 276 Å². The Labute approximate surface area is 720 Å². The Bertz CT molecular complexity index is 5560. The number of ether oxygens (including phenoxy) is 3. The molecule has 6 saturated heterocycles. The van der Waals surface area contributed by atoms with Crippen molar-refractivity contribution in [1.29, 1.82) is 15.8 Å². The molecule has 30 heteroatoms. The normalized spacial score (nSPS) is 18.2. The van der Waals surface area contributed by atoms with E-state index in [0.29, 0.717) is 185 Å². The number of piperidine rings is 6. The first-order chi connectivity index (χ1) is 60.9. The van der Waals surface area contributed by atoms with Gasteiger partial charge in [-0.15, -0.1) is 0 Å². The van der Waals surface area contributed by atoms with Crippen LogP contribution >= 0.6 is 0 Å². The van der Waals surface area contributed by atoms with E-state index in [1.165, 1.54) is 28.7 Å². The van der Waals surface area contributed by atoms with Crippen LogP contribution in [0.3, 0.4) is 0 Å². The number of nitrogens with one attached hydrogen (secondary N) is 1. The number of halogens is 7. The molecule has 6 fully saturated rings. The van der Waals surface area contributed by atoms with E-state index in [4.69, 9.17) is 29.2 Å². The van der Waals surface area contributed by atoms with Crippen LogP contribution in [0.15, 0.2) is 161 Å². The molecule has 2 amide bonds. The molecule has 6 aromatic carbocycles. The van der Waals surface area contributed by atoms with Crippen LogP contribution in [0.25, 0.3) is 33.8 Å². The van der Waals surface area contributed by atoms with Gasteiger partial charge in [-0.2, -0.15) is 29.0 Å². The Balaban J connectivity index is 0.000000138. The molecule has 0 atom stereocenters. The summed E-state index contributed by atoms with van der Waals surface area (Å²) in [6.45, 7) is 6.97. The van der Waals surface area contributed by atoms with Crippen molar-refractivity contribution in [2.24, 2.45) is 15.0 Å². The number of aromatic nitrogens is 6. The predicted octanol–water partition coefficient (Wildman–Crippen LogP) is 15.8. The lowest BCUT2D eigenvalue weighted by atomic mass is 9.88. The fourth-order valence-electron chi connectivity index (χ4n) is 18.2. The lowest BCUT2D eigenvalue weighted by molar-refractivity contribution is -0.148. The highest BCUT2D eigenvalue weighted by molar-refractivity contribution is 6.09. The molecule has 644 valence electrons. The van der Waals surface area contributed by atoms with Crippen molar-refractivity contribution < 1.29 is 54.5 Å². The average molecular weight is 1700 g/mol. The number of likely N-dealkylation sites (tertiary alicyclic amines) is 5. The highest BCUT2D eigenvalue weighted by Crippen LogP contribution is 2.43. The SMILES string of the molecule is N#Cc1cc(-c2ncnc3c2N=C(c2ccc(C4CCN(CC(F)(F)F)CC4)cc2)C3)ccc1OC1CCN(C=O)CC1.N#Cc1cc(-c2ncnc3c2N=C(c2ccc(C4CCN(CC(F)F)CC4)cc2)C3)ccc1OC1CCN(C=O)CC1.N#Cc1cc(-c2ncnc3c2N=C(c2ccc(C4CCN(CC(F)F)CC4)cc2)C3)ccc1OC1CCNCC1. The second kappa shape index (κ2) is 39.7. The van der Waals surface area contributed by atoms with Gasteiger partial charge in [-0.05, 0) is 209 Å². The maximum atomic E-state index is 12.7. The van der Waals surface area contributed by atoms with Crippen molar-refractivity contribution in [3.63, 3.8) is 0 Å². The number of rotatable bonds is 22. The largest absolute Gasteiger partial charge is 0.489 e. The summed E-state index contributed by atoms with van der Waals surface area (Å²) in [5.41, 5.74) is 19.6. The number of fused-ring (bicyclic) bond motifs is 3. The number of amides is 2. The number of nitriles is 3. The van der Waals surface area contributed by atoms with Crippen molar-refractivity contribution in [2.75, 3.05) is 98.2 Å². The fraction of sp³-hybridized carbons (Fsp3) is 0.411. The summed E-state index contributed by atoms with van der Waals surface area (Å²) < 4.78 is 107. The van der Waals surface area contributed by atoms with Crippen LogP contribution in [0.5, 0.6) is 17.2 Å². The molecular formula is C95H95F7N18O5. The van der Waals surface area contributed by atoms with Crippen molar-refractivity contribution in [1.82, 2.24) is 59.7 Å². The van der Waals surface area contributed by atoms with Crippen LogP contribution in [-0.2, 0) is 28.9 Å². The molecule has 0 aliphatic carbocycles. The highest BCUT2D eigenvalue weighted by atomic mass is 19.4. The number of hydrogen-bond acceptors (Lipinski definition) is 21. The summed E-state index contributed by atoms with van der Waals surface area (Å²) in [5, 5.41) is 32.9. The monoisotopic (exact) mass is 1700 g/mol. The van der Waals surface area contributed by atoms with E-state index in [9.17, 15) is 56.1 Å². The molecule has 1 N–H and O–H groups in total. The van der Waals surface area contributed by atoms with E-state index in [1.807, 2.05) is 58.3 Å². The van der Waals surface area contributed by atoms with Crippen LogP contribution < -0.4 is 19.5 Å². The molecule has 0 bridgehead atoms. The first-order valence-electron chi connectivity index (χ1n) is 43.0. The van der Waals surface area contributed by atoms with Gasteiger partial charge in [0.15, 0.2) is 0 Å². The number of benzene rings is 6. The quantitative estimate of drug-likeness (QED) is 0.0487. The second-order valence-corrected chi connectivity index (χ2v) is 33.2. The minimum absolute atomic E-state index is 0.0423. The molecule has 12 heterocycles. The van der Waals surface area contributed by atoms with E-state index in [1.54, 1.807) is 34.3 Å². The number of carbonyl (C=O) groups excluding carboxylic acids is 2. The van der Waals surface area contributed by atoms with Gasteiger partial charge in [0.05, 0.1) is 87.6 Å². The molecule has 0 unspecified atom stereocenters. The number of hydrogen-bond donors (Lipinski definition) is 1. The van der Waals surface area contributed by atoms with Crippen molar-refractivity contribution in [2.45, 2.75) is 151 Å². The van der Waals surface area contributed by atoms with Gasteiger partial charge in [-0.25, -0.2) is 62.4 Å².